The molecule has 8 heteroatoms. The summed E-state index contributed by atoms with van der Waals surface area (Å²) in [6.07, 6.45) is 1.55. The molecule has 162 valence electrons. The highest BCUT2D eigenvalue weighted by Gasteiger charge is 2.60. The number of nitrogens with one attached hydrogen (secondary N) is 1. The molecule has 0 saturated carbocycles. The summed E-state index contributed by atoms with van der Waals surface area (Å²) in [5, 5.41) is 3.82. The van der Waals surface area contributed by atoms with Crippen molar-refractivity contribution in [2.24, 2.45) is 5.92 Å². The van der Waals surface area contributed by atoms with E-state index in [1.165, 1.54) is 0 Å². The van der Waals surface area contributed by atoms with Gasteiger partial charge in [0.15, 0.2) is 16.6 Å². The zero-order chi connectivity index (χ0) is 22.2. The van der Waals surface area contributed by atoms with Crippen molar-refractivity contribution < 1.29 is 19.0 Å². The van der Waals surface area contributed by atoms with Crippen LogP contribution in [0.2, 0.25) is 0 Å². The van der Waals surface area contributed by atoms with Crippen molar-refractivity contribution in [1.29, 1.82) is 0 Å². The van der Waals surface area contributed by atoms with Gasteiger partial charge in [-0.2, -0.15) is 0 Å². The third-order valence-corrected chi connectivity index (χ3v) is 6.25. The molecule has 0 spiro atoms. The number of esters is 1. The second-order valence-corrected chi connectivity index (χ2v) is 8.71. The van der Waals surface area contributed by atoms with Gasteiger partial charge in [-0.3, -0.25) is 9.69 Å². The van der Waals surface area contributed by atoms with Gasteiger partial charge < -0.3 is 19.5 Å². The number of anilines is 1. The summed E-state index contributed by atoms with van der Waals surface area (Å²) in [6.45, 7) is 8.03. The summed E-state index contributed by atoms with van der Waals surface area (Å²) >= 11 is 9.26. The van der Waals surface area contributed by atoms with E-state index >= 15 is 0 Å². The third-order valence-electron chi connectivity index (χ3n) is 5.45. The number of para-hydroxylation sites is 1. The molecule has 31 heavy (non-hydrogen) atoms. The predicted molar refractivity (Wildman–Crippen MR) is 126 cm³/mol. The van der Waals surface area contributed by atoms with Gasteiger partial charge in [0.25, 0.3) is 0 Å². The Morgan fingerprint density at radius 1 is 1.39 bits per heavy atom. The lowest BCUT2D eigenvalue weighted by atomic mass is 9.79. The largest absolute Gasteiger partial charge is 0.490 e. The molecule has 2 aliphatic heterocycles. The Morgan fingerprint density at radius 2 is 2.16 bits per heavy atom. The molecule has 1 N–H and O–H groups in total. The Balaban J connectivity index is 1.89. The molecule has 3 atom stereocenters. The van der Waals surface area contributed by atoms with Crippen LogP contribution in [0.3, 0.4) is 0 Å². The average Bonchev–Trinajstić information content (AvgIpc) is 2.72. The first-order valence-electron chi connectivity index (χ1n) is 9.99. The molecule has 2 aromatic rings. The maximum absolute atomic E-state index is 13.2. The number of carbonyl (C=O) groups excluding carboxylic acids is 1. The molecule has 1 fully saturated rings. The maximum Gasteiger partial charge on any atom is 0.317 e. The predicted octanol–water partition coefficient (Wildman–Crippen LogP) is 4.74. The lowest BCUT2D eigenvalue weighted by molar-refractivity contribution is -0.159. The fourth-order valence-corrected chi connectivity index (χ4v) is 5.04. The van der Waals surface area contributed by atoms with Gasteiger partial charge in [0, 0.05) is 15.7 Å². The van der Waals surface area contributed by atoms with Gasteiger partial charge in [-0.15, -0.1) is 0 Å². The molecular weight excluding hydrogens is 480 g/mol. The van der Waals surface area contributed by atoms with Crippen LogP contribution in [0, 0.1) is 5.92 Å². The van der Waals surface area contributed by atoms with Crippen LogP contribution in [-0.4, -0.2) is 30.0 Å². The second-order valence-electron chi connectivity index (χ2n) is 7.40. The average molecular weight is 503 g/mol. The SMILES string of the molecule is C=CCOC(=O)C1C2NC(=S)N(c3cccc(Br)c3)C1(C)Oc1c(OCC)cccc12. The number of rotatable bonds is 6. The van der Waals surface area contributed by atoms with Gasteiger partial charge in [0.2, 0.25) is 5.72 Å². The summed E-state index contributed by atoms with van der Waals surface area (Å²) < 4.78 is 18.8. The van der Waals surface area contributed by atoms with Gasteiger partial charge in [-0.1, -0.05) is 46.8 Å². The number of thiocarbonyl (C=S) groups is 1. The van der Waals surface area contributed by atoms with Crippen molar-refractivity contribution in [2.75, 3.05) is 18.1 Å². The molecule has 0 aromatic heterocycles. The summed E-state index contributed by atoms with van der Waals surface area (Å²) in [5.74, 6) is 0.134. The molecule has 2 aromatic carbocycles. The second kappa shape index (κ2) is 8.51. The van der Waals surface area contributed by atoms with Crippen molar-refractivity contribution in [3.63, 3.8) is 0 Å². The molecule has 0 aliphatic carbocycles. The van der Waals surface area contributed by atoms with E-state index in [0.29, 0.717) is 23.2 Å². The Labute approximate surface area is 195 Å². The number of hydrogen-bond acceptors (Lipinski definition) is 5. The van der Waals surface area contributed by atoms with Gasteiger partial charge >= 0.3 is 5.97 Å². The molecular formula is C23H23BrN2O4S. The molecule has 4 rings (SSSR count). The molecule has 6 nitrogen and oxygen atoms in total. The first-order chi connectivity index (χ1) is 14.9. The van der Waals surface area contributed by atoms with Crippen LogP contribution in [0.4, 0.5) is 5.69 Å². The molecule has 1 saturated heterocycles. The Hall–Kier alpha value is -2.58. The van der Waals surface area contributed by atoms with E-state index in [1.54, 1.807) is 6.08 Å². The Morgan fingerprint density at radius 3 is 2.87 bits per heavy atom. The third kappa shape index (κ3) is 3.68. The summed E-state index contributed by atoms with van der Waals surface area (Å²) in [4.78, 5) is 15.1. The molecule has 2 bridgehead atoms. The topological polar surface area (TPSA) is 60.0 Å². The molecule has 0 radical (unpaired) electrons. The standard InChI is InChI=1S/C23H23BrN2O4S/c1-4-12-29-21(27)18-19-16-10-7-11-17(28-5-2)20(16)30-23(18,3)26(22(31)25-19)15-9-6-8-14(24)13-15/h4,6-11,13,18-19H,1,5,12H2,2-3H3,(H,25,31). The molecule has 2 aliphatic rings. The van der Waals surface area contributed by atoms with Gasteiger partial charge in [0.05, 0.1) is 12.6 Å². The Bertz CT molecular complexity index is 1050. The van der Waals surface area contributed by atoms with Crippen molar-refractivity contribution >= 4 is 44.9 Å². The normalized spacial score (nSPS) is 23.8. The number of carbonyl (C=O) groups is 1. The van der Waals surface area contributed by atoms with Crippen LogP contribution in [0.25, 0.3) is 0 Å². The number of ether oxygens (including phenoxy) is 3. The van der Waals surface area contributed by atoms with Gasteiger partial charge in [-0.05, 0) is 50.3 Å². The lowest BCUT2D eigenvalue weighted by Crippen LogP contribution is -2.71. The number of benzene rings is 2. The molecule has 0 amide bonds. The minimum absolute atomic E-state index is 0.116. The van der Waals surface area contributed by atoms with E-state index in [9.17, 15) is 4.79 Å². The summed E-state index contributed by atoms with van der Waals surface area (Å²) in [6, 6.07) is 12.9. The number of halogens is 1. The first kappa shape index (κ1) is 21.6. The zero-order valence-corrected chi connectivity index (χ0v) is 19.7. The van der Waals surface area contributed by atoms with Crippen LogP contribution < -0.4 is 19.7 Å². The summed E-state index contributed by atoms with van der Waals surface area (Å²) in [7, 11) is 0. The zero-order valence-electron chi connectivity index (χ0n) is 17.3. The van der Waals surface area contributed by atoms with E-state index in [2.05, 4.69) is 27.8 Å². The van der Waals surface area contributed by atoms with Crippen molar-refractivity contribution in [3.8, 4) is 11.5 Å². The highest BCUT2D eigenvalue weighted by atomic mass is 79.9. The molecule has 3 unspecified atom stereocenters. The van der Waals surface area contributed by atoms with E-state index in [4.69, 9.17) is 26.4 Å². The highest BCUT2D eigenvalue weighted by Crippen LogP contribution is 2.52. The monoisotopic (exact) mass is 502 g/mol. The minimum atomic E-state index is -1.15. The van der Waals surface area contributed by atoms with Crippen LogP contribution >= 0.6 is 28.1 Å². The lowest BCUT2D eigenvalue weighted by Gasteiger charge is -2.55. The van der Waals surface area contributed by atoms with E-state index < -0.39 is 23.7 Å². The number of fused-ring (bicyclic) bond motifs is 4. The smallest absolute Gasteiger partial charge is 0.317 e. The first-order valence-corrected chi connectivity index (χ1v) is 11.2. The van der Waals surface area contributed by atoms with E-state index in [0.717, 1.165) is 15.7 Å². The molecule has 2 heterocycles. The van der Waals surface area contributed by atoms with Crippen molar-refractivity contribution in [3.05, 3.63) is 65.2 Å². The van der Waals surface area contributed by atoms with Crippen LogP contribution in [0.5, 0.6) is 11.5 Å². The van der Waals surface area contributed by atoms with E-state index in [1.807, 2.05) is 61.2 Å². The highest BCUT2D eigenvalue weighted by molar-refractivity contribution is 9.10. The van der Waals surface area contributed by atoms with Gasteiger partial charge in [-0.25, -0.2) is 0 Å². The number of nitrogens with zero attached hydrogens (tertiary/aromatic N) is 1. The Kier molecular flexibility index (Phi) is 5.94. The van der Waals surface area contributed by atoms with Crippen molar-refractivity contribution in [2.45, 2.75) is 25.6 Å². The fraction of sp³-hybridized carbons (Fsp3) is 0.304. The van der Waals surface area contributed by atoms with Gasteiger partial charge in [0.1, 0.15) is 12.5 Å². The summed E-state index contributed by atoms with van der Waals surface area (Å²) in [5.41, 5.74) is 0.443. The number of hydrogen-bond donors (Lipinski definition) is 1. The van der Waals surface area contributed by atoms with Crippen LogP contribution in [0.1, 0.15) is 25.5 Å². The maximum atomic E-state index is 13.2. The quantitative estimate of drug-likeness (QED) is 0.347. The van der Waals surface area contributed by atoms with E-state index in [-0.39, 0.29) is 6.61 Å². The van der Waals surface area contributed by atoms with Crippen LogP contribution in [-0.2, 0) is 9.53 Å². The van der Waals surface area contributed by atoms with Crippen molar-refractivity contribution in [1.82, 2.24) is 5.32 Å². The minimum Gasteiger partial charge on any atom is -0.490 e. The van der Waals surface area contributed by atoms with Crippen LogP contribution in [0.15, 0.2) is 59.6 Å². The fourth-order valence-electron chi connectivity index (χ4n) is 4.23.